The van der Waals surface area contributed by atoms with Crippen molar-refractivity contribution in [2.45, 2.75) is 107 Å². The average molecular weight is 1060 g/mol. The molecule has 4 aromatic carbocycles. The minimum absolute atomic E-state index is 0. The molecule has 0 aliphatic rings. The van der Waals surface area contributed by atoms with E-state index in [2.05, 4.69) is 129 Å². The fraction of sp³-hybridized carbons (Fsp3) is 0.298. The molecule has 0 aliphatic carbocycles. The molecule has 5 aromatic heterocycles. The maximum Gasteiger partial charge on any atom is 0.216 e. The van der Waals surface area contributed by atoms with E-state index in [1.54, 1.807) is 24.5 Å². The number of pyridine rings is 3. The van der Waals surface area contributed by atoms with E-state index in [1.165, 1.54) is 28.3 Å². The van der Waals surface area contributed by atoms with Crippen LogP contribution in [0.5, 0.6) is 0 Å². The van der Waals surface area contributed by atoms with Gasteiger partial charge in [0.1, 0.15) is 0 Å². The molecule has 6 nitrogen and oxygen atoms in total. The smallest absolute Gasteiger partial charge is 0.216 e. The van der Waals surface area contributed by atoms with Crippen molar-refractivity contribution in [1.82, 2.24) is 24.5 Å². The van der Waals surface area contributed by atoms with Crippen LogP contribution in [-0.2, 0) is 26.5 Å². The van der Waals surface area contributed by atoms with Gasteiger partial charge in [-0.1, -0.05) is 135 Å². The number of fused-ring (bicyclic) bond motifs is 4. The molecule has 8 heteroatoms. The van der Waals surface area contributed by atoms with E-state index >= 15 is 0 Å². The van der Waals surface area contributed by atoms with Gasteiger partial charge in [-0.05, 0) is 94.0 Å². The molecule has 0 unspecified atom stereocenters. The van der Waals surface area contributed by atoms with Gasteiger partial charge < -0.3 is 14.0 Å². The second kappa shape index (κ2) is 18.8. The molecular weight excluding hydrogens is 991 g/mol. The van der Waals surface area contributed by atoms with Crippen molar-refractivity contribution in [3.63, 3.8) is 0 Å². The maximum atomic E-state index is 8.79. The van der Waals surface area contributed by atoms with Crippen LogP contribution in [0.15, 0.2) is 114 Å². The third-order valence-corrected chi connectivity index (χ3v) is 13.5. The number of hydrogen-bond donors (Lipinski definition) is 0. The van der Waals surface area contributed by atoms with Gasteiger partial charge >= 0.3 is 0 Å². The second-order valence-electron chi connectivity index (χ2n) is 19.5. The van der Waals surface area contributed by atoms with Gasteiger partial charge in [0.2, 0.25) is 5.71 Å². The van der Waals surface area contributed by atoms with Gasteiger partial charge in [0.15, 0.2) is 0 Å². The van der Waals surface area contributed by atoms with Crippen molar-refractivity contribution in [3.05, 3.63) is 155 Å². The topological polar surface area (TPSA) is 69.6 Å². The van der Waals surface area contributed by atoms with E-state index in [4.69, 9.17) is 21.2 Å². The summed E-state index contributed by atoms with van der Waals surface area (Å²) in [6, 6.07) is 36.6. The first-order valence-electron chi connectivity index (χ1n) is 24.7. The minimum atomic E-state index is -2.17. The molecule has 0 N–H and O–H groups in total. The van der Waals surface area contributed by atoms with Crippen molar-refractivity contribution in [3.8, 4) is 39.5 Å². The third-order valence-electron chi connectivity index (χ3n) is 11.5. The minimum Gasteiger partial charge on any atom is -0.486 e. The molecule has 0 aliphatic heterocycles. The van der Waals surface area contributed by atoms with Crippen LogP contribution < -0.4 is 5.19 Å². The van der Waals surface area contributed by atoms with Crippen LogP contribution in [0.4, 0.5) is 0 Å². The average Bonchev–Trinajstić information content (AvgIpc) is 3.87. The summed E-state index contributed by atoms with van der Waals surface area (Å²) in [6.45, 7) is 23.2. The number of aromatic nitrogens is 5. The van der Waals surface area contributed by atoms with E-state index in [0.717, 1.165) is 60.9 Å². The monoisotopic (exact) mass is 1060 g/mol. The summed E-state index contributed by atoms with van der Waals surface area (Å²) >= 11 is 0. The maximum absolute atomic E-state index is 8.79. The quantitative estimate of drug-likeness (QED) is 0.112. The van der Waals surface area contributed by atoms with Crippen LogP contribution in [0.1, 0.15) is 101 Å². The van der Waals surface area contributed by atoms with E-state index in [1.807, 2.05) is 58.2 Å². The zero-order valence-corrected chi connectivity index (χ0v) is 42.9. The molecule has 5 heterocycles. The van der Waals surface area contributed by atoms with Gasteiger partial charge in [-0.25, -0.2) is 4.98 Å². The van der Waals surface area contributed by atoms with Crippen molar-refractivity contribution < 1.29 is 31.4 Å². The van der Waals surface area contributed by atoms with E-state index in [-0.39, 0.29) is 37.5 Å². The number of imidazole rings is 1. The normalized spacial score (nSPS) is 13.5. The molecule has 0 atom stereocenters. The molecule has 65 heavy (non-hydrogen) atoms. The predicted octanol–water partition coefficient (Wildman–Crippen LogP) is 14.7. The van der Waals surface area contributed by atoms with Crippen LogP contribution in [0.2, 0.25) is 19.6 Å². The molecule has 0 bridgehead atoms. The van der Waals surface area contributed by atoms with Gasteiger partial charge in [-0.3, -0.25) is 9.97 Å². The summed E-state index contributed by atoms with van der Waals surface area (Å²) < 4.78 is 48.8. The molecule has 0 amide bonds. The largest absolute Gasteiger partial charge is 0.486 e. The zero-order valence-electron chi connectivity index (χ0n) is 44.5. The number of benzene rings is 4. The van der Waals surface area contributed by atoms with E-state index in [0.29, 0.717) is 22.5 Å². The molecule has 9 rings (SSSR count). The molecule has 9 aromatic rings. The van der Waals surface area contributed by atoms with Crippen LogP contribution >= 0.6 is 0 Å². The first kappa shape index (κ1) is 40.9. The first-order chi connectivity index (χ1) is 32.4. The number of nitrogens with zero attached hydrogens (tertiary/aromatic N) is 5. The number of furan rings is 1. The van der Waals surface area contributed by atoms with Gasteiger partial charge in [-0.15, -0.1) is 53.1 Å². The number of rotatable bonds is 8. The van der Waals surface area contributed by atoms with Crippen LogP contribution in [0.3, 0.4) is 0 Å². The predicted molar refractivity (Wildman–Crippen MR) is 271 cm³/mol. The zero-order chi connectivity index (χ0) is 50.0. The Hall–Kier alpha value is -5.53. The summed E-state index contributed by atoms with van der Waals surface area (Å²) in [5, 5.41) is 3.06. The molecule has 0 fully saturated rings. The second-order valence-corrected chi connectivity index (χ2v) is 24.5. The standard InChI is InChI=1S/C37H33N4O.C20H28NSi.Ir/c1-21(2)29-18-26(25-10-8-7-9-11-25)19-30(22(3)4)34(29)41-32-20-38-17-16-31(32)40-36(41)28-14-12-23(5)33-27-15-13-24(6)39-37(27)42-35(28)33;1-15-8-10-16(11-9-15)18-12-17(13-20(2,3)4)19(14-21-18)22(5,6)7;/h7-13,15-22H,1-6H3;8-10,12,14H,13H2,1-7H3;/q2*-1;/i;1D3,13D2;. The Balaban J connectivity index is 0.000000225. The van der Waals surface area contributed by atoms with Crippen molar-refractivity contribution >= 4 is 46.4 Å². The van der Waals surface area contributed by atoms with Crippen molar-refractivity contribution in [1.29, 1.82) is 0 Å². The molecule has 0 saturated heterocycles. The van der Waals surface area contributed by atoms with Crippen molar-refractivity contribution in [2.75, 3.05) is 0 Å². The molecule has 335 valence electrons. The van der Waals surface area contributed by atoms with Crippen LogP contribution in [0, 0.1) is 38.2 Å². The third kappa shape index (κ3) is 9.86. The molecule has 0 spiro atoms. The Bertz CT molecular complexity index is 3320. The number of aryl methyl sites for hydroxylation is 3. The van der Waals surface area contributed by atoms with Gasteiger partial charge in [0.25, 0.3) is 0 Å². The summed E-state index contributed by atoms with van der Waals surface area (Å²) in [5.41, 5.74) is 13.8. The van der Waals surface area contributed by atoms with Gasteiger partial charge in [0, 0.05) is 56.1 Å². The van der Waals surface area contributed by atoms with Gasteiger partial charge in [-0.2, -0.15) is 0 Å². The molecule has 1 radical (unpaired) electrons. The Kier molecular flexibility index (Phi) is 11.8. The Morgan fingerprint density at radius 1 is 0.831 bits per heavy atom. The molecule has 0 saturated carbocycles. The summed E-state index contributed by atoms with van der Waals surface area (Å²) in [6.07, 6.45) is 3.99. The Labute approximate surface area is 407 Å². The molecular formula is C57H61IrN5OSi-2. The van der Waals surface area contributed by atoms with Crippen LogP contribution in [0.25, 0.3) is 72.6 Å². The Morgan fingerprint density at radius 2 is 1.55 bits per heavy atom. The number of hydrogen-bond acceptors (Lipinski definition) is 5. The van der Waals surface area contributed by atoms with Gasteiger partial charge in [0.05, 0.1) is 36.7 Å². The summed E-state index contributed by atoms with van der Waals surface area (Å²) in [4.78, 5) is 19.0. The SMILES string of the molecule is Cc1ccc2c(n1)oc1c(-c3nc4ccncc4n3-c3c(C(C)C)cc(-c4ccccc4)cc3C(C)C)[c-]cc(C)c12.[2H]C([2H])([2H])c1c[c-]c(-c2cc(C([2H])([2H])C(C)(C)C)c([Si](C)(C)C)cn2)cc1.[Ir]. The Morgan fingerprint density at radius 3 is 2.18 bits per heavy atom. The van der Waals surface area contributed by atoms with E-state index < -0.39 is 26.7 Å². The van der Waals surface area contributed by atoms with E-state index in [9.17, 15) is 0 Å². The van der Waals surface area contributed by atoms with Crippen molar-refractivity contribution in [2.24, 2.45) is 5.41 Å². The fourth-order valence-corrected chi connectivity index (χ4v) is 9.74. The summed E-state index contributed by atoms with van der Waals surface area (Å²) in [7, 11) is -1.81. The summed E-state index contributed by atoms with van der Waals surface area (Å²) in [5.74, 6) is 1.32. The van der Waals surface area contributed by atoms with Crippen LogP contribution in [-0.4, -0.2) is 32.6 Å². The fourth-order valence-electron chi connectivity index (χ4n) is 8.35. The first-order valence-corrected chi connectivity index (χ1v) is 25.7.